The minimum absolute atomic E-state index is 0. The molecule has 1 fully saturated rings. The molecule has 1 aromatic rings. The van der Waals surface area contributed by atoms with Gasteiger partial charge in [0.05, 0.1) is 13.2 Å². The van der Waals surface area contributed by atoms with Gasteiger partial charge in [0.25, 0.3) is 0 Å². The molecule has 2 N–H and O–H groups in total. The molecule has 1 amide bonds. The fourth-order valence-electron chi connectivity index (χ4n) is 2.42. The summed E-state index contributed by atoms with van der Waals surface area (Å²) in [6.45, 7) is 4.41. The topological polar surface area (TPSA) is 95.0 Å². The molecule has 0 saturated carbocycles. The molecule has 0 unspecified atom stereocenters. The molecule has 0 bridgehead atoms. The smallest absolute Gasteiger partial charge is 0.239 e. The van der Waals surface area contributed by atoms with Crippen molar-refractivity contribution in [3.05, 3.63) is 18.5 Å². The number of guanidine groups is 1. The second-order valence-corrected chi connectivity index (χ2v) is 5.27. The fourth-order valence-corrected chi connectivity index (χ4v) is 2.42. The Balaban J connectivity index is 0.00000312. The maximum absolute atomic E-state index is 11.7. The van der Waals surface area contributed by atoms with Gasteiger partial charge in [-0.05, 0) is 6.07 Å². The van der Waals surface area contributed by atoms with Crippen molar-refractivity contribution in [3.63, 3.8) is 0 Å². The fraction of sp³-hybridized carbons (Fsp3) is 0.600. The normalized spacial score (nSPS) is 14.7. The van der Waals surface area contributed by atoms with Crippen molar-refractivity contribution in [1.29, 1.82) is 0 Å². The highest BCUT2D eigenvalue weighted by Gasteiger charge is 2.21. The maximum atomic E-state index is 11.7. The van der Waals surface area contributed by atoms with Crippen LogP contribution in [0.1, 0.15) is 0 Å². The summed E-state index contributed by atoms with van der Waals surface area (Å²) in [4.78, 5) is 28.8. The number of aromatic nitrogens is 2. The van der Waals surface area contributed by atoms with Gasteiger partial charge in [0.2, 0.25) is 11.9 Å². The van der Waals surface area contributed by atoms with E-state index in [4.69, 9.17) is 4.74 Å². The van der Waals surface area contributed by atoms with Crippen LogP contribution >= 0.6 is 24.0 Å². The molecule has 10 heteroatoms. The van der Waals surface area contributed by atoms with Crippen molar-refractivity contribution in [2.24, 2.45) is 4.99 Å². The van der Waals surface area contributed by atoms with Gasteiger partial charge >= 0.3 is 0 Å². The van der Waals surface area contributed by atoms with Crippen LogP contribution in [0.25, 0.3) is 0 Å². The van der Waals surface area contributed by atoms with Crippen LogP contribution in [0.15, 0.2) is 23.5 Å². The molecule has 0 spiro atoms. The number of carbonyl (C=O) groups is 1. The molecule has 0 aliphatic carbocycles. The lowest BCUT2D eigenvalue weighted by Gasteiger charge is -2.36. The van der Waals surface area contributed by atoms with Crippen molar-refractivity contribution in [2.75, 3.05) is 64.9 Å². The molecule has 0 radical (unpaired) electrons. The number of piperazine rings is 1. The highest BCUT2D eigenvalue weighted by Crippen LogP contribution is 2.09. The van der Waals surface area contributed by atoms with Crippen molar-refractivity contribution in [1.82, 2.24) is 25.5 Å². The summed E-state index contributed by atoms with van der Waals surface area (Å²) in [5.74, 6) is 1.40. The second kappa shape index (κ2) is 11.8. The Morgan fingerprint density at radius 3 is 2.52 bits per heavy atom. The third kappa shape index (κ3) is 6.98. The SMILES string of the molecule is CN=C(NCC(=O)NCCOC)N1CCN(c2ncccn2)CC1.I. The van der Waals surface area contributed by atoms with Gasteiger partial charge in [-0.2, -0.15) is 0 Å². The van der Waals surface area contributed by atoms with Gasteiger partial charge in [-0.1, -0.05) is 0 Å². The number of nitrogens with one attached hydrogen (secondary N) is 2. The monoisotopic (exact) mass is 463 g/mol. The summed E-state index contributed by atoms with van der Waals surface area (Å²) in [5.41, 5.74) is 0. The molecule has 9 nitrogen and oxygen atoms in total. The zero-order valence-corrected chi connectivity index (χ0v) is 17.0. The lowest BCUT2D eigenvalue weighted by Crippen LogP contribution is -2.54. The Morgan fingerprint density at radius 2 is 1.92 bits per heavy atom. The lowest BCUT2D eigenvalue weighted by molar-refractivity contribution is -0.120. The highest BCUT2D eigenvalue weighted by molar-refractivity contribution is 14.0. The zero-order valence-electron chi connectivity index (χ0n) is 14.6. The zero-order chi connectivity index (χ0) is 17.2. The number of ether oxygens (including phenoxy) is 1. The van der Waals surface area contributed by atoms with E-state index < -0.39 is 0 Å². The van der Waals surface area contributed by atoms with E-state index in [1.54, 1.807) is 26.6 Å². The largest absolute Gasteiger partial charge is 0.383 e. The standard InChI is InChI=1S/C15H25N7O2.HI/c1-16-14(20-12-13(23)17-6-11-24-2)21-7-9-22(10-8-21)15-18-4-3-5-19-15;/h3-5H,6-12H2,1-2H3,(H,16,20)(H,17,23);1H. The van der Waals surface area contributed by atoms with Gasteiger partial charge in [0, 0.05) is 59.3 Å². The van der Waals surface area contributed by atoms with Crippen LogP contribution in [0.3, 0.4) is 0 Å². The van der Waals surface area contributed by atoms with Crippen LogP contribution in [0, 0.1) is 0 Å². The molecule has 25 heavy (non-hydrogen) atoms. The highest BCUT2D eigenvalue weighted by atomic mass is 127. The lowest BCUT2D eigenvalue weighted by atomic mass is 10.3. The van der Waals surface area contributed by atoms with Gasteiger partial charge in [-0.3, -0.25) is 9.79 Å². The van der Waals surface area contributed by atoms with Gasteiger partial charge in [-0.25, -0.2) is 9.97 Å². The van der Waals surface area contributed by atoms with Crippen LogP contribution in [0.4, 0.5) is 5.95 Å². The number of anilines is 1. The Kier molecular flexibility index (Phi) is 10.1. The Hall–Kier alpha value is -1.69. The summed E-state index contributed by atoms with van der Waals surface area (Å²) in [6, 6.07) is 1.81. The first kappa shape index (κ1) is 21.4. The van der Waals surface area contributed by atoms with E-state index in [1.165, 1.54) is 0 Å². The molecular formula is C15H26IN7O2. The average Bonchev–Trinajstić information content (AvgIpc) is 2.64. The van der Waals surface area contributed by atoms with E-state index in [-0.39, 0.29) is 36.4 Å². The number of hydrogen-bond acceptors (Lipinski definition) is 6. The third-order valence-electron chi connectivity index (χ3n) is 3.66. The summed E-state index contributed by atoms with van der Waals surface area (Å²) in [7, 11) is 3.32. The first-order valence-corrected chi connectivity index (χ1v) is 7.97. The summed E-state index contributed by atoms with van der Waals surface area (Å²) in [5, 5.41) is 5.86. The first-order chi connectivity index (χ1) is 11.7. The molecule has 1 aliphatic rings. The number of amides is 1. The molecule has 1 aliphatic heterocycles. The predicted octanol–water partition coefficient (Wildman–Crippen LogP) is -0.445. The number of carbonyl (C=O) groups excluding carboxylic acids is 1. The average molecular weight is 463 g/mol. The van der Waals surface area contributed by atoms with E-state index in [0.29, 0.717) is 13.2 Å². The molecular weight excluding hydrogens is 437 g/mol. The molecule has 0 aromatic carbocycles. The number of rotatable bonds is 6. The van der Waals surface area contributed by atoms with Gasteiger partial charge in [0.1, 0.15) is 0 Å². The first-order valence-electron chi connectivity index (χ1n) is 7.97. The van der Waals surface area contributed by atoms with E-state index in [0.717, 1.165) is 38.1 Å². The third-order valence-corrected chi connectivity index (χ3v) is 3.66. The minimum Gasteiger partial charge on any atom is -0.383 e. The van der Waals surface area contributed by atoms with Gasteiger partial charge < -0.3 is 25.2 Å². The van der Waals surface area contributed by atoms with Crippen LogP contribution in [-0.2, 0) is 9.53 Å². The van der Waals surface area contributed by atoms with Crippen molar-refractivity contribution in [2.45, 2.75) is 0 Å². The van der Waals surface area contributed by atoms with Crippen molar-refractivity contribution in [3.8, 4) is 0 Å². The van der Waals surface area contributed by atoms with Gasteiger partial charge in [0.15, 0.2) is 5.96 Å². The molecule has 1 saturated heterocycles. The predicted molar refractivity (Wildman–Crippen MR) is 107 cm³/mol. The summed E-state index contributed by atoms with van der Waals surface area (Å²) < 4.78 is 4.90. The summed E-state index contributed by atoms with van der Waals surface area (Å²) >= 11 is 0. The molecule has 2 heterocycles. The van der Waals surface area contributed by atoms with Crippen LogP contribution < -0.4 is 15.5 Å². The van der Waals surface area contributed by atoms with E-state index >= 15 is 0 Å². The number of methoxy groups -OCH3 is 1. The van der Waals surface area contributed by atoms with Crippen molar-refractivity contribution >= 4 is 41.8 Å². The number of hydrogen-bond donors (Lipinski definition) is 2. The molecule has 2 rings (SSSR count). The van der Waals surface area contributed by atoms with Gasteiger partial charge in [-0.15, -0.1) is 24.0 Å². The maximum Gasteiger partial charge on any atom is 0.239 e. The van der Waals surface area contributed by atoms with Crippen LogP contribution in [0.5, 0.6) is 0 Å². The van der Waals surface area contributed by atoms with E-state index in [9.17, 15) is 4.79 Å². The number of halogens is 1. The number of nitrogens with zero attached hydrogens (tertiary/aromatic N) is 5. The summed E-state index contributed by atoms with van der Waals surface area (Å²) in [6.07, 6.45) is 3.49. The van der Waals surface area contributed by atoms with Crippen LogP contribution in [0.2, 0.25) is 0 Å². The van der Waals surface area contributed by atoms with E-state index in [1.807, 2.05) is 6.07 Å². The molecule has 140 valence electrons. The molecule has 0 atom stereocenters. The molecule has 1 aromatic heterocycles. The van der Waals surface area contributed by atoms with E-state index in [2.05, 4.69) is 35.4 Å². The quantitative estimate of drug-likeness (QED) is 0.256. The Bertz CT molecular complexity index is 536. The van der Waals surface area contributed by atoms with Crippen molar-refractivity contribution < 1.29 is 9.53 Å². The minimum atomic E-state index is -0.0791. The number of aliphatic imine (C=N–C) groups is 1. The second-order valence-electron chi connectivity index (χ2n) is 5.27. The Labute approximate surface area is 165 Å². The Morgan fingerprint density at radius 1 is 1.24 bits per heavy atom. The van der Waals surface area contributed by atoms with Crippen LogP contribution in [-0.4, -0.2) is 86.8 Å².